The van der Waals surface area contributed by atoms with Crippen LogP contribution in [0.3, 0.4) is 0 Å². The van der Waals surface area contributed by atoms with E-state index in [1.807, 2.05) is 0 Å². The number of hydrogen-bond acceptors (Lipinski definition) is 3. The summed E-state index contributed by atoms with van der Waals surface area (Å²) < 4.78 is 13.6. The molecule has 1 saturated heterocycles. The van der Waals surface area contributed by atoms with Crippen LogP contribution in [0, 0.1) is 23.6 Å². The molecule has 0 bridgehead atoms. The zero-order chi connectivity index (χ0) is 14.5. The third-order valence-electron chi connectivity index (χ3n) is 3.76. The maximum atomic E-state index is 13.6. The van der Waals surface area contributed by atoms with Gasteiger partial charge in [-0.05, 0) is 36.6 Å². The second kappa shape index (κ2) is 6.85. The molecule has 3 N–H and O–H groups in total. The van der Waals surface area contributed by atoms with Gasteiger partial charge in [-0.15, -0.1) is 0 Å². The van der Waals surface area contributed by atoms with Gasteiger partial charge in [-0.1, -0.05) is 24.8 Å². The van der Waals surface area contributed by atoms with Crippen LogP contribution in [0.2, 0.25) is 0 Å². The van der Waals surface area contributed by atoms with Gasteiger partial charge in [0.1, 0.15) is 5.82 Å². The molecule has 0 spiro atoms. The van der Waals surface area contributed by atoms with Gasteiger partial charge in [0.25, 0.3) is 0 Å². The number of aliphatic hydroxyl groups excluding tert-OH is 1. The molecule has 0 amide bonds. The van der Waals surface area contributed by atoms with Crippen LogP contribution in [0.15, 0.2) is 18.2 Å². The van der Waals surface area contributed by atoms with Gasteiger partial charge in [-0.2, -0.15) is 0 Å². The third kappa shape index (κ3) is 3.80. The first kappa shape index (κ1) is 15.0. The fraction of sp³-hybridized carbons (Fsp3) is 0.500. The summed E-state index contributed by atoms with van der Waals surface area (Å²) in [7, 11) is 0. The van der Waals surface area contributed by atoms with Gasteiger partial charge in [0.05, 0.1) is 18.2 Å². The van der Waals surface area contributed by atoms with Crippen molar-refractivity contribution in [2.24, 2.45) is 11.7 Å². The monoisotopic (exact) mass is 276 g/mol. The summed E-state index contributed by atoms with van der Waals surface area (Å²) in [6.07, 6.45) is 0.711. The first-order valence-electron chi connectivity index (χ1n) is 6.98. The topological polar surface area (TPSA) is 49.5 Å². The number of aliphatic hydroxyl groups is 1. The maximum absolute atomic E-state index is 13.6. The van der Waals surface area contributed by atoms with Crippen molar-refractivity contribution < 1.29 is 9.50 Å². The minimum atomic E-state index is -0.318. The summed E-state index contributed by atoms with van der Waals surface area (Å²) in [5.74, 6) is 5.46. The fourth-order valence-corrected chi connectivity index (χ4v) is 2.43. The molecule has 0 aliphatic carbocycles. The average Bonchev–Trinajstić information content (AvgIpc) is 2.43. The van der Waals surface area contributed by atoms with Crippen LogP contribution in [-0.4, -0.2) is 35.7 Å². The number of likely N-dealkylation sites (tertiary alicyclic amines) is 1. The van der Waals surface area contributed by atoms with E-state index in [2.05, 4.69) is 23.7 Å². The van der Waals surface area contributed by atoms with Crippen LogP contribution in [-0.2, 0) is 6.54 Å². The van der Waals surface area contributed by atoms with Crippen molar-refractivity contribution in [2.45, 2.75) is 26.0 Å². The molecule has 108 valence electrons. The predicted molar refractivity (Wildman–Crippen MR) is 77.4 cm³/mol. The average molecular weight is 276 g/mol. The Labute approximate surface area is 119 Å². The number of piperidine rings is 1. The lowest BCUT2D eigenvalue weighted by atomic mass is 9.95. The van der Waals surface area contributed by atoms with E-state index >= 15 is 0 Å². The van der Waals surface area contributed by atoms with Crippen molar-refractivity contribution in [3.63, 3.8) is 0 Å². The number of benzene rings is 1. The summed E-state index contributed by atoms with van der Waals surface area (Å²) in [5.41, 5.74) is 6.71. The van der Waals surface area contributed by atoms with E-state index in [-0.39, 0.29) is 18.5 Å². The minimum absolute atomic E-state index is 0.222. The van der Waals surface area contributed by atoms with E-state index in [1.165, 1.54) is 6.07 Å². The molecule has 1 aromatic carbocycles. The predicted octanol–water partition coefficient (Wildman–Crippen LogP) is 1.34. The van der Waals surface area contributed by atoms with Gasteiger partial charge in [0.15, 0.2) is 0 Å². The molecule has 2 unspecified atom stereocenters. The van der Waals surface area contributed by atoms with Gasteiger partial charge in [0, 0.05) is 13.1 Å². The molecular formula is C16H21FN2O. The van der Waals surface area contributed by atoms with Crippen molar-refractivity contribution in [1.82, 2.24) is 4.90 Å². The molecule has 2 atom stereocenters. The number of hydrogen-bond donors (Lipinski definition) is 2. The van der Waals surface area contributed by atoms with Crippen molar-refractivity contribution in [2.75, 3.05) is 19.6 Å². The number of nitrogens with zero attached hydrogens (tertiary/aromatic N) is 1. The normalized spacial score (nSPS) is 23.2. The Balaban J connectivity index is 2.06. The quantitative estimate of drug-likeness (QED) is 0.801. The third-order valence-corrected chi connectivity index (χ3v) is 3.76. The summed E-state index contributed by atoms with van der Waals surface area (Å²) in [6, 6.07) is 4.98. The Morgan fingerprint density at radius 1 is 1.50 bits per heavy atom. The lowest BCUT2D eigenvalue weighted by molar-refractivity contribution is 0.0259. The Kier molecular flexibility index (Phi) is 5.13. The molecule has 4 heteroatoms. The van der Waals surface area contributed by atoms with Crippen LogP contribution in [0.25, 0.3) is 0 Å². The molecule has 20 heavy (non-hydrogen) atoms. The van der Waals surface area contributed by atoms with Crippen molar-refractivity contribution >= 4 is 0 Å². The molecule has 1 fully saturated rings. The molecule has 3 nitrogen and oxygen atoms in total. The van der Waals surface area contributed by atoms with E-state index in [4.69, 9.17) is 5.73 Å². The standard InChI is InChI=1S/C16H21FN2O/c1-12-6-8-19(11-16(12)20)10-13-4-5-15(17)14(9-13)3-2-7-18/h4-5,9,12,16,20H,6-8,10-11,18H2,1H3. The molecule has 1 aliphatic rings. The maximum Gasteiger partial charge on any atom is 0.138 e. The minimum Gasteiger partial charge on any atom is -0.392 e. The lowest BCUT2D eigenvalue weighted by Gasteiger charge is -2.34. The van der Waals surface area contributed by atoms with Crippen LogP contribution >= 0.6 is 0 Å². The Morgan fingerprint density at radius 3 is 3.00 bits per heavy atom. The van der Waals surface area contributed by atoms with E-state index in [0.717, 1.165) is 18.5 Å². The summed E-state index contributed by atoms with van der Waals surface area (Å²) in [5, 5.41) is 9.90. The van der Waals surface area contributed by atoms with Crippen LogP contribution in [0.1, 0.15) is 24.5 Å². The largest absolute Gasteiger partial charge is 0.392 e. The van der Waals surface area contributed by atoms with Gasteiger partial charge in [-0.3, -0.25) is 4.90 Å². The Hall–Kier alpha value is -1.41. The van der Waals surface area contributed by atoms with Gasteiger partial charge in [-0.25, -0.2) is 4.39 Å². The number of β-amino-alcohol motifs (C(OH)–C–C–N with tert-alkyl or cyclic N) is 1. The second-order valence-electron chi connectivity index (χ2n) is 5.39. The molecule has 0 radical (unpaired) electrons. The highest BCUT2D eigenvalue weighted by Gasteiger charge is 2.24. The SMILES string of the molecule is CC1CCN(Cc2ccc(F)c(C#CCN)c2)CC1O. The smallest absolute Gasteiger partial charge is 0.138 e. The van der Waals surface area contributed by atoms with Crippen molar-refractivity contribution in [3.8, 4) is 11.8 Å². The zero-order valence-electron chi connectivity index (χ0n) is 11.8. The highest BCUT2D eigenvalue weighted by Crippen LogP contribution is 2.19. The van der Waals surface area contributed by atoms with E-state index in [1.54, 1.807) is 12.1 Å². The first-order valence-corrected chi connectivity index (χ1v) is 6.98. The van der Waals surface area contributed by atoms with Crippen LogP contribution < -0.4 is 5.73 Å². The van der Waals surface area contributed by atoms with E-state index in [0.29, 0.717) is 24.6 Å². The van der Waals surface area contributed by atoms with Crippen LogP contribution in [0.5, 0.6) is 0 Å². The molecule has 2 rings (SSSR count). The molecule has 1 aliphatic heterocycles. The molecule has 1 heterocycles. The molecular weight excluding hydrogens is 255 g/mol. The lowest BCUT2D eigenvalue weighted by Crippen LogP contribution is -2.42. The summed E-state index contributed by atoms with van der Waals surface area (Å²) >= 11 is 0. The number of rotatable bonds is 2. The van der Waals surface area contributed by atoms with E-state index < -0.39 is 0 Å². The molecule has 0 aromatic heterocycles. The summed E-state index contributed by atoms with van der Waals surface area (Å²) in [4.78, 5) is 2.19. The molecule has 0 saturated carbocycles. The van der Waals surface area contributed by atoms with Gasteiger partial charge in [0.2, 0.25) is 0 Å². The number of halogens is 1. The highest BCUT2D eigenvalue weighted by atomic mass is 19.1. The fourth-order valence-electron chi connectivity index (χ4n) is 2.43. The summed E-state index contributed by atoms with van der Waals surface area (Å²) in [6.45, 7) is 4.63. The van der Waals surface area contributed by atoms with Crippen LogP contribution in [0.4, 0.5) is 4.39 Å². The first-order chi connectivity index (χ1) is 9.60. The van der Waals surface area contributed by atoms with Crippen molar-refractivity contribution in [3.05, 3.63) is 35.1 Å². The van der Waals surface area contributed by atoms with Crippen molar-refractivity contribution in [1.29, 1.82) is 0 Å². The highest BCUT2D eigenvalue weighted by molar-refractivity contribution is 5.38. The Bertz CT molecular complexity index is 521. The van der Waals surface area contributed by atoms with Gasteiger partial charge >= 0.3 is 0 Å². The number of nitrogens with two attached hydrogens (primary N) is 1. The van der Waals surface area contributed by atoms with E-state index in [9.17, 15) is 9.50 Å². The Morgan fingerprint density at radius 2 is 2.30 bits per heavy atom. The zero-order valence-corrected chi connectivity index (χ0v) is 11.8. The van der Waals surface area contributed by atoms with Gasteiger partial charge < -0.3 is 10.8 Å². The molecule has 1 aromatic rings. The second-order valence-corrected chi connectivity index (χ2v) is 5.39.